The van der Waals surface area contributed by atoms with Gasteiger partial charge in [-0.3, -0.25) is 14.6 Å². The van der Waals surface area contributed by atoms with Gasteiger partial charge >= 0.3 is 0 Å². The molecule has 0 unspecified atom stereocenters. The number of benzene rings is 1. The van der Waals surface area contributed by atoms with Crippen molar-refractivity contribution in [3.63, 3.8) is 0 Å². The number of nitrogens with zero attached hydrogens (tertiary/aromatic N) is 1. The molecule has 1 aromatic carbocycles. The number of pyridine rings is 1. The molecule has 25 heavy (non-hydrogen) atoms. The summed E-state index contributed by atoms with van der Waals surface area (Å²) in [6, 6.07) is 10.9. The average molecular weight is 339 g/mol. The highest BCUT2D eigenvalue weighted by molar-refractivity contribution is 6.06. The maximum absolute atomic E-state index is 12.6. The summed E-state index contributed by atoms with van der Waals surface area (Å²) in [6.07, 6.45) is 3.40. The normalized spacial score (nSPS) is 10.6. The zero-order chi connectivity index (χ0) is 18.2. The van der Waals surface area contributed by atoms with Crippen LogP contribution in [0.5, 0.6) is 0 Å². The van der Waals surface area contributed by atoms with Gasteiger partial charge in [-0.25, -0.2) is 0 Å². The van der Waals surface area contributed by atoms with E-state index in [-0.39, 0.29) is 17.5 Å². The molecule has 0 saturated carbocycles. The van der Waals surface area contributed by atoms with Crippen LogP contribution in [0.2, 0.25) is 0 Å². The minimum Gasteiger partial charge on any atom is -0.351 e. The van der Waals surface area contributed by atoms with Crippen LogP contribution in [0.15, 0.2) is 42.6 Å². The van der Waals surface area contributed by atoms with Gasteiger partial charge in [0.25, 0.3) is 11.8 Å². The van der Waals surface area contributed by atoms with Crippen LogP contribution >= 0.6 is 0 Å². The van der Waals surface area contributed by atoms with Gasteiger partial charge in [0.1, 0.15) is 5.69 Å². The van der Waals surface area contributed by atoms with E-state index in [0.29, 0.717) is 18.0 Å². The van der Waals surface area contributed by atoms with Crippen molar-refractivity contribution < 1.29 is 9.59 Å². The van der Waals surface area contributed by atoms with Gasteiger partial charge in [0, 0.05) is 24.0 Å². The van der Waals surface area contributed by atoms with Crippen molar-refractivity contribution in [1.82, 2.24) is 10.3 Å². The molecule has 5 heteroatoms. The number of amides is 2. The van der Waals surface area contributed by atoms with E-state index < -0.39 is 0 Å². The summed E-state index contributed by atoms with van der Waals surface area (Å²) in [6.45, 7) is 6.83. The van der Waals surface area contributed by atoms with Crippen molar-refractivity contribution in [1.29, 1.82) is 0 Å². The molecule has 1 aromatic heterocycles. The number of rotatable bonds is 7. The van der Waals surface area contributed by atoms with Crippen molar-refractivity contribution in [2.24, 2.45) is 0 Å². The van der Waals surface area contributed by atoms with E-state index in [1.54, 1.807) is 6.07 Å². The van der Waals surface area contributed by atoms with Gasteiger partial charge in [-0.05, 0) is 36.1 Å². The molecule has 2 rings (SSSR count). The Balaban J connectivity index is 2.13. The van der Waals surface area contributed by atoms with Crippen LogP contribution in [0, 0.1) is 0 Å². The van der Waals surface area contributed by atoms with Crippen molar-refractivity contribution in [2.75, 3.05) is 11.9 Å². The van der Waals surface area contributed by atoms with Gasteiger partial charge in [0.15, 0.2) is 0 Å². The van der Waals surface area contributed by atoms with Crippen LogP contribution < -0.4 is 10.6 Å². The Morgan fingerprint density at radius 3 is 2.60 bits per heavy atom. The van der Waals surface area contributed by atoms with Gasteiger partial charge in [0.2, 0.25) is 0 Å². The van der Waals surface area contributed by atoms with E-state index in [4.69, 9.17) is 0 Å². The Labute approximate surface area is 148 Å². The highest BCUT2D eigenvalue weighted by atomic mass is 16.2. The SMILES string of the molecule is CCCCNC(=O)c1cc(C(=O)Nc2ccccc2C(C)C)ccn1. The van der Waals surface area contributed by atoms with Crippen LogP contribution in [0.25, 0.3) is 0 Å². The summed E-state index contributed by atoms with van der Waals surface area (Å²) in [5.74, 6) is -0.211. The predicted octanol–water partition coefficient (Wildman–Crippen LogP) is 3.99. The van der Waals surface area contributed by atoms with Gasteiger partial charge < -0.3 is 10.6 Å². The first kappa shape index (κ1) is 18.6. The number of hydrogen-bond donors (Lipinski definition) is 2. The number of nitrogens with one attached hydrogen (secondary N) is 2. The highest BCUT2D eigenvalue weighted by Crippen LogP contribution is 2.24. The standard InChI is InChI=1S/C20H25N3O2/c1-4-5-11-22-20(25)18-13-15(10-12-21-18)19(24)23-17-9-7-6-8-16(17)14(2)3/h6-10,12-14H,4-5,11H2,1-3H3,(H,22,25)(H,23,24). The molecule has 0 atom stereocenters. The Kier molecular flexibility index (Phi) is 6.69. The number of hydrogen-bond acceptors (Lipinski definition) is 3. The van der Waals surface area contributed by atoms with E-state index in [9.17, 15) is 9.59 Å². The topological polar surface area (TPSA) is 71.1 Å². The van der Waals surface area contributed by atoms with Crippen LogP contribution in [0.4, 0.5) is 5.69 Å². The molecule has 0 aliphatic rings. The first-order valence-electron chi connectivity index (χ1n) is 8.67. The Hall–Kier alpha value is -2.69. The third kappa shape index (κ3) is 5.14. The zero-order valence-electron chi connectivity index (χ0n) is 15.0. The summed E-state index contributed by atoms with van der Waals surface area (Å²) in [5, 5.41) is 5.73. The molecule has 5 nitrogen and oxygen atoms in total. The fourth-order valence-corrected chi connectivity index (χ4v) is 2.47. The quantitative estimate of drug-likeness (QED) is 0.749. The Bertz CT molecular complexity index is 741. The first-order chi connectivity index (χ1) is 12.0. The van der Waals surface area contributed by atoms with Crippen LogP contribution in [-0.2, 0) is 0 Å². The van der Waals surface area contributed by atoms with E-state index in [2.05, 4.69) is 36.4 Å². The molecule has 2 aromatic rings. The lowest BCUT2D eigenvalue weighted by atomic mass is 10.0. The molecule has 1 heterocycles. The summed E-state index contributed by atoms with van der Waals surface area (Å²) >= 11 is 0. The number of para-hydroxylation sites is 1. The second-order valence-electron chi connectivity index (χ2n) is 6.24. The van der Waals surface area contributed by atoms with Crippen molar-refractivity contribution in [3.8, 4) is 0 Å². The number of unbranched alkanes of at least 4 members (excludes halogenated alkanes) is 1. The smallest absolute Gasteiger partial charge is 0.269 e. The maximum atomic E-state index is 12.6. The third-order valence-electron chi connectivity index (χ3n) is 3.90. The van der Waals surface area contributed by atoms with Gasteiger partial charge in [0.05, 0.1) is 0 Å². The Morgan fingerprint density at radius 1 is 1.12 bits per heavy atom. The molecule has 0 radical (unpaired) electrons. The number of anilines is 1. The molecular weight excluding hydrogens is 314 g/mol. The number of carbonyl (C=O) groups is 2. The van der Waals surface area contributed by atoms with E-state index in [1.165, 1.54) is 12.3 Å². The second kappa shape index (κ2) is 8.97. The van der Waals surface area contributed by atoms with Crippen LogP contribution in [-0.4, -0.2) is 23.3 Å². The molecule has 0 fully saturated rings. The first-order valence-corrected chi connectivity index (χ1v) is 8.67. The van der Waals surface area contributed by atoms with E-state index >= 15 is 0 Å². The molecule has 2 N–H and O–H groups in total. The molecule has 0 aliphatic carbocycles. The highest BCUT2D eigenvalue weighted by Gasteiger charge is 2.14. The minimum atomic E-state index is -0.259. The third-order valence-corrected chi connectivity index (χ3v) is 3.90. The predicted molar refractivity (Wildman–Crippen MR) is 100.0 cm³/mol. The van der Waals surface area contributed by atoms with E-state index in [1.807, 2.05) is 24.3 Å². The van der Waals surface area contributed by atoms with Gasteiger partial charge in [-0.2, -0.15) is 0 Å². The number of aromatic nitrogens is 1. The van der Waals surface area contributed by atoms with Gasteiger partial charge in [-0.15, -0.1) is 0 Å². The largest absolute Gasteiger partial charge is 0.351 e. The van der Waals surface area contributed by atoms with Crippen molar-refractivity contribution in [2.45, 2.75) is 39.5 Å². The molecule has 2 amide bonds. The molecule has 0 bridgehead atoms. The van der Waals surface area contributed by atoms with Crippen LogP contribution in [0.1, 0.15) is 65.9 Å². The van der Waals surface area contributed by atoms with Crippen LogP contribution in [0.3, 0.4) is 0 Å². The summed E-state index contributed by atoms with van der Waals surface area (Å²) < 4.78 is 0. The van der Waals surface area contributed by atoms with Crippen molar-refractivity contribution >= 4 is 17.5 Å². The average Bonchev–Trinajstić information content (AvgIpc) is 2.62. The summed E-state index contributed by atoms with van der Waals surface area (Å²) in [7, 11) is 0. The fourth-order valence-electron chi connectivity index (χ4n) is 2.47. The molecule has 0 spiro atoms. The fraction of sp³-hybridized carbons (Fsp3) is 0.350. The zero-order valence-corrected chi connectivity index (χ0v) is 15.0. The Morgan fingerprint density at radius 2 is 1.88 bits per heavy atom. The van der Waals surface area contributed by atoms with Crippen molar-refractivity contribution in [3.05, 3.63) is 59.4 Å². The lowest BCUT2D eigenvalue weighted by Crippen LogP contribution is -2.25. The lowest BCUT2D eigenvalue weighted by Gasteiger charge is -2.13. The maximum Gasteiger partial charge on any atom is 0.269 e. The molecule has 132 valence electrons. The monoisotopic (exact) mass is 339 g/mol. The summed E-state index contributed by atoms with van der Waals surface area (Å²) in [4.78, 5) is 28.7. The second-order valence-corrected chi connectivity index (χ2v) is 6.24. The molecule has 0 aliphatic heterocycles. The molecule has 0 saturated heterocycles. The van der Waals surface area contributed by atoms with E-state index in [0.717, 1.165) is 24.1 Å². The summed E-state index contributed by atoms with van der Waals surface area (Å²) in [5.41, 5.74) is 2.52. The van der Waals surface area contributed by atoms with Gasteiger partial charge in [-0.1, -0.05) is 45.4 Å². The molecular formula is C20H25N3O2. The minimum absolute atomic E-state index is 0.251. The number of carbonyl (C=O) groups excluding carboxylic acids is 2. The lowest BCUT2D eigenvalue weighted by molar-refractivity contribution is 0.0948.